The van der Waals surface area contributed by atoms with Gasteiger partial charge in [-0.05, 0) is 12.1 Å². The normalized spacial score (nSPS) is 10.8. The maximum Gasteiger partial charge on any atom is 0.216 e. The van der Waals surface area contributed by atoms with Crippen molar-refractivity contribution in [3.05, 3.63) is 30.3 Å². The van der Waals surface area contributed by atoms with Gasteiger partial charge in [-0.1, -0.05) is 6.58 Å². The highest BCUT2D eigenvalue weighted by atomic mass is 32.2. The standard InChI is InChI=1S/C8H9NO3S/c1-3-13(10,11)8-5-4-7(12-2)6-9-8/h3-6H,1H2,2H3. The lowest BCUT2D eigenvalue weighted by molar-refractivity contribution is 0.412. The van der Waals surface area contributed by atoms with E-state index < -0.39 is 9.84 Å². The zero-order valence-electron chi connectivity index (χ0n) is 7.10. The molecule has 13 heavy (non-hydrogen) atoms. The second-order valence-electron chi connectivity index (χ2n) is 2.25. The average Bonchev–Trinajstić information content (AvgIpc) is 2.18. The largest absolute Gasteiger partial charge is 0.495 e. The molecule has 0 fully saturated rings. The molecule has 0 aliphatic heterocycles. The second kappa shape index (κ2) is 3.57. The molecule has 0 unspecified atom stereocenters. The van der Waals surface area contributed by atoms with Crippen LogP contribution < -0.4 is 4.74 Å². The van der Waals surface area contributed by atoms with Crippen molar-refractivity contribution in [3.63, 3.8) is 0 Å². The van der Waals surface area contributed by atoms with Gasteiger partial charge in [0.05, 0.1) is 13.3 Å². The average molecular weight is 199 g/mol. The first-order chi connectivity index (χ1) is 6.10. The molecule has 4 nitrogen and oxygen atoms in total. The van der Waals surface area contributed by atoms with Crippen LogP contribution in [0.5, 0.6) is 5.75 Å². The molecule has 0 amide bonds. The van der Waals surface area contributed by atoms with Gasteiger partial charge in [0.15, 0.2) is 5.03 Å². The Kier molecular flexibility index (Phi) is 2.67. The molecule has 1 aromatic rings. The maximum atomic E-state index is 11.2. The topological polar surface area (TPSA) is 56.3 Å². The molecule has 1 rings (SSSR count). The predicted octanol–water partition coefficient (Wildman–Crippen LogP) is 1.01. The molecule has 0 radical (unpaired) electrons. The first-order valence-corrected chi connectivity index (χ1v) is 5.02. The Balaban J connectivity index is 3.13. The van der Waals surface area contributed by atoms with Crippen molar-refractivity contribution >= 4 is 9.84 Å². The predicted molar refractivity (Wildman–Crippen MR) is 48.2 cm³/mol. The van der Waals surface area contributed by atoms with Gasteiger partial charge in [0.2, 0.25) is 9.84 Å². The molecule has 1 aromatic heterocycles. The van der Waals surface area contributed by atoms with Gasteiger partial charge < -0.3 is 4.74 Å². The Hall–Kier alpha value is -1.36. The lowest BCUT2D eigenvalue weighted by Gasteiger charge is -1.99. The summed E-state index contributed by atoms with van der Waals surface area (Å²) in [5, 5.41) is 0.838. The number of rotatable bonds is 3. The number of nitrogens with zero attached hydrogens (tertiary/aromatic N) is 1. The lowest BCUT2D eigenvalue weighted by Crippen LogP contribution is -1.98. The zero-order chi connectivity index (χ0) is 9.90. The summed E-state index contributed by atoms with van der Waals surface area (Å²) in [4.78, 5) is 3.71. The molecule has 0 atom stereocenters. The molecule has 70 valence electrons. The number of pyridine rings is 1. The van der Waals surface area contributed by atoms with Gasteiger partial charge >= 0.3 is 0 Å². The van der Waals surface area contributed by atoms with Crippen LogP contribution in [0, 0.1) is 0 Å². The molecular weight excluding hydrogens is 190 g/mol. The first kappa shape index (κ1) is 9.73. The molecule has 0 aliphatic rings. The molecule has 0 saturated carbocycles. The third kappa shape index (κ3) is 2.06. The fraction of sp³-hybridized carbons (Fsp3) is 0.125. The van der Waals surface area contributed by atoms with E-state index >= 15 is 0 Å². The molecule has 0 aliphatic carbocycles. The zero-order valence-corrected chi connectivity index (χ0v) is 7.91. The van der Waals surface area contributed by atoms with Crippen molar-refractivity contribution in [1.29, 1.82) is 0 Å². The summed E-state index contributed by atoms with van der Waals surface area (Å²) in [6.07, 6.45) is 1.34. The fourth-order valence-electron chi connectivity index (χ4n) is 0.741. The van der Waals surface area contributed by atoms with Crippen LogP contribution in [0.1, 0.15) is 0 Å². The first-order valence-electron chi connectivity index (χ1n) is 3.47. The molecule has 0 spiro atoms. The summed E-state index contributed by atoms with van der Waals surface area (Å²) in [6, 6.07) is 2.90. The minimum Gasteiger partial charge on any atom is -0.495 e. The van der Waals surface area contributed by atoms with Gasteiger partial charge in [0, 0.05) is 5.41 Å². The van der Waals surface area contributed by atoms with E-state index in [0.29, 0.717) is 5.75 Å². The summed E-state index contributed by atoms with van der Waals surface area (Å²) in [7, 11) is -1.94. The van der Waals surface area contributed by atoms with Crippen molar-refractivity contribution in [2.24, 2.45) is 0 Å². The molecule has 0 N–H and O–H groups in total. The lowest BCUT2D eigenvalue weighted by atomic mass is 10.5. The number of hydrogen-bond acceptors (Lipinski definition) is 4. The van der Waals surface area contributed by atoms with Crippen LogP contribution in [0.2, 0.25) is 0 Å². The quantitative estimate of drug-likeness (QED) is 0.729. The Labute approximate surface area is 76.8 Å². The fourth-order valence-corrected chi connectivity index (χ4v) is 1.37. The minimum absolute atomic E-state index is 0.0247. The summed E-state index contributed by atoms with van der Waals surface area (Å²) < 4.78 is 27.2. The molecule has 0 bridgehead atoms. The van der Waals surface area contributed by atoms with Crippen molar-refractivity contribution in [1.82, 2.24) is 4.98 Å². The van der Waals surface area contributed by atoms with Crippen molar-refractivity contribution in [2.45, 2.75) is 5.03 Å². The van der Waals surface area contributed by atoms with E-state index in [1.165, 1.54) is 25.4 Å². The number of hydrogen-bond donors (Lipinski definition) is 0. The number of aromatic nitrogens is 1. The van der Waals surface area contributed by atoms with Gasteiger partial charge in [0.25, 0.3) is 0 Å². The second-order valence-corrected chi connectivity index (χ2v) is 4.09. The van der Waals surface area contributed by atoms with E-state index in [-0.39, 0.29) is 5.03 Å². The molecule has 5 heteroatoms. The Morgan fingerprint density at radius 1 is 1.54 bits per heavy atom. The van der Waals surface area contributed by atoms with E-state index in [4.69, 9.17) is 4.74 Å². The van der Waals surface area contributed by atoms with Crippen LogP contribution in [-0.4, -0.2) is 20.5 Å². The van der Waals surface area contributed by atoms with E-state index in [9.17, 15) is 8.42 Å². The highest BCUT2D eigenvalue weighted by Gasteiger charge is 2.10. The van der Waals surface area contributed by atoms with Gasteiger partial charge in [-0.25, -0.2) is 13.4 Å². The van der Waals surface area contributed by atoms with Crippen molar-refractivity contribution in [2.75, 3.05) is 7.11 Å². The van der Waals surface area contributed by atoms with E-state index in [1.54, 1.807) is 0 Å². The van der Waals surface area contributed by atoms with Crippen LogP contribution in [0.4, 0.5) is 0 Å². The third-order valence-corrected chi connectivity index (χ3v) is 2.72. The summed E-state index contributed by atoms with van der Waals surface area (Å²) in [5.41, 5.74) is 0. The molecular formula is C8H9NO3S. The van der Waals surface area contributed by atoms with E-state index in [1.807, 2.05) is 0 Å². The minimum atomic E-state index is -3.43. The van der Waals surface area contributed by atoms with Crippen molar-refractivity contribution in [3.8, 4) is 5.75 Å². The Morgan fingerprint density at radius 3 is 2.62 bits per heavy atom. The number of ether oxygens (including phenoxy) is 1. The van der Waals surface area contributed by atoms with E-state index in [0.717, 1.165) is 5.41 Å². The monoisotopic (exact) mass is 199 g/mol. The SMILES string of the molecule is C=CS(=O)(=O)c1ccc(OC)cn1. The molecule has 1 heterocycles. The Bertz CT molecular complexity index is 394. The summed E-state index contributed by atoms with van der Waals surface area (Å²) >= 11 is 0. The van der Waals surface area contributed by atoms with Crippen LogP contribution in [0.25, 0.3) is 0 Å². The van der Waals surface area contributed by atoms with Crippen molar-refractivity contribution < 1.29 is 13.2 Å². The number of methoxy groups -OCH3 is 1. The third-order valence-electron chi connectivity index (χ3n) is 1.46. The van der Waals surface area contributed by atoms with E-state index in [2.05, 4.69) is 11.6 Å². The van der Waals surface area contributed by atoms with Crippen LogP contribution >= 0.6 is 0 Å². The highest BCUT2D eigenvalue weighted by Crippen LogP contribution is 2.13. The smallest absolute Gasteiger partial charge is 0.216 e. The highest BCUT2D eigenvalue weighted by molar-refractivity contribution is 7.94. The van der Waals surface area contributed by atoms with Crippen LogP contribution in [-0.2, 0) is 9.84 Å². The van der Waals surface area contributed by atoms with Crippen LogP contribution in [0.15, 0.2) is 35.3 Å². The molecule has 0 aromatic carbocycles. The maximum absolute atomic E-state index is 11.2. The van der Waals surface area contributed by atoms with Crippen LogP contribution in [0.3, 0.4) is 0 Å². The molecule has 0 saturated heterocycles. The van der Waals surface area contributed by atoms with Gasteiger partial charge in [0.1, 0.15) is 5.75 Å². The van der Waals surface area contributed by atoms with Gasteiger partial charge in [-0.3, -0.25) is 0 Å². The summed E-state index contributed by atoms with van der Waals surface area (Å²) in [5.74, 6) is 0.517. The summed E-state index contributed by atoms with van der Waals surface area (Å²) in [6.45, 7) is 3.19. The van der Waals surface area contributed by atoms with Gasteiger partial charge in [-0.2, -0.15) is 0 Å². The van der Waals surface area contributed by atoms with Gasteiger partial charge in [-0.15, -0.1) is 0 Å². The number of sulfone groups is 1. The Morgan fingerprint density at radius 2 is 2.23 bits per heavy atom.